The molecule has 1 aliphatic heterocycles. The second-order valence-electron chi connectivity index (χ2n) is 4.75. The zero-order valence-electron chi connectivity index (χ0n) is 10.5. The summed E-state index contributed by atoms with van der Waals surface area (Å²) in [6.07, 6.45) is -0.00375. The van der Waals surface area contributed by atoms with E-state index in [9.17, 15) is 9.90 Å². The smallest absolute Gasteiger partial charge is 0.237 e. The van der Waals surface area contributed by atoms with Crippen molar-refractivity contribution in [2.75, 3.05) is 6.54 Å². The largest absolute Gasteiger partial charge is 0.392 e. The Morgan fingerprint density at radius 3 is 2.79 bits per heavy atom. The predicted octanol–water partition coefficient (Wildman–Crippen LogP) is 1.89. The van der Waals surface area contributed by atoms with Crippen molar-refractivity contribution in [3.05, 3.63) is 33.8 Å². The maximum Gasteiger partial charge on any atom is 0.237 e. The van der Waals surface area contributed by atoms with Gasteiger partial charge in [-0.1, -0.05) is 29.3 Å². The molecule has 1 aliphatic rings. The molecule has 6 heteroatoms. The lowest BCUT2D eigenvalue weighted by molar-refractivity contribution is -0.123. The number of hydrogen-bond donors (Lipinski definition) is 3. The second-order valence-corrected chi connectivity index (χ2v) is 5.57. The highest BCUT2D eigenvalue weighted by atomic mass is 35.5. The number of benzene rings is 1. The molecule has 1 saturated heterocycles. The Kier molecular flexibility index (Phi) is 4.68. The van der Waals surface area contributed by atoms with Crippen molar-refractivity contribution in [1.29, 1.82) is 0 Å². The Hall–Kier alpha value is -0.810. The second kappa shape index (κ2) is 6.09. The van der Waals surface area contributed by atoms with Gasteiger partial charge in [-0.05, 0) is 31.0 Å². The SMILES string of the molecule is C[C@H](NC(=O)[C@H]1C[C@H](O)CN1)c1ccc(Cl)c(Cl)c1. The van der Waals surface area contributed by atoms with Crippen LogP contribution in [0.15, 0.2) is 18.2 Å². The summed E-state index contributed by atoms with van der Waals surface area (Å²) in [6, 6.07) is 4.78. The van der Waals surface area contributed by atoms with Crippen LogP contribution in [0.1, 0.15) is 24.9 Å². The summed E-state index contributed by atoms with van der Waals surface area (Å²) in [5.41, 5.74) is 0.890. The minimum absolute atomic E-state index is 0.116. The highest BCUT2D eigenvalue weighted by Gasteiger charge is 2.28. The molecule has 0 bridgehead atoms. The van der Waals surface area contributed by atoms with Crippen LogP contribution in [0.2, 0.25) is 10.0 Å². The molecule has 0 unspecified atom stereocenters. The van der Waals surface area contributed by atoms with Crippen molar-refractivity contribution in [2.24, 2.45) is 0 Å². The molecule has 19 heavy (non-hydrogen) atoms. The fraction of sp³-hybridized carbons (Fsp3) is 0.462. The molecule has 1 aromatic carbocycles. The van der Waals surface area contributed by atoms with Crippen LogP contribution in [0.4, 0.5) is 0 Å². The molecule has 1 fully saturated rings. The molecule has 1 heterocycles. The average Bonchev–Trinajstić information content (AvgIpc) is 2.79. The number of carbonyl (C=O) groups excluding carboxylic acids is 1. The Morgan fingerprint density at radius 1 is 1.47 bits per heavy atom. The number of β-amino-alcohol motifs (C(OH)–C–C–N with tert-alkyl or cyclic N) is 1. The van der Waals surface area contributed by atoms with Crippen molar-refractivity contribution in [3.63, 3.8) is 0 Å². The van der Waals surface area contributed by atoms with E-state index in [0.29, 0.717) is 23.0 Å². The van der Waals surface area contributed by atoms with Crippen LogP contribution in [0.5, 0.6) is 0 Å². The van der Waals surface area contributed by atoms with E-state index in [0.717, 1.165) is 5.56 Å². The zero-order chi connectivity index (χ0) is 14.0. The molecule has 4 nitrogen and oxygen atoms in total. The predicted molar refractivity (Wildman–Crippen MR) is 75.4 cm³/mol. The van der Waals surface area contributed by atoms with Gasteiger partial charge in [-0.25, -0.2) is 0 Å². The maximum atomic E-state index is 12.0. The van der Waals surface area contributed by atoms with Gasteiger partial charge in [-0.2, -0.15) is 0 Å². The van der Waals surface area contributed by atoms with Gasteiger partial charge >= 0.3 is 0 Å². The zero-order valence-corrected chi connectivity index (χ0v) is 12.0. The number of hydrogen-bond acceptors (Lipinski definition) is 3. The molecule has 0 aromatic heterocycles. The lowest BCUT2D eigenvalue weighted by atomic mass is 10.1. The third kappa shape index (κ3) is 3.60. The van der Waals surface area contributed by atoms with E-state index >= 15 is 0 Å². The van der Waals surface area contributed by atoms with Crippen molar-refractivity contribution >= 4 is 29.1 Å². The van der Waals surface area contributed by atoms with Crippen LogP contribution in [-0.4, -0.2) is 29.7 Å². The van der Waals surface area contributed by atoms with Crippen molar-refractivity contribution in [3.8, 4) is 0 Å². The van der Waals surface area contributed by atoms with Crippen LogP contribution in [0.25, 0.3) is 0 Å². The summed E-state index contributed by atoms with van der Waals surface area (Å²) < 4.78 is 0. The van der Waals surface area contributed by atoms with Gasteiger partial charge in [0.05, 0.1) is 28.2 Å². The minimum Gasteiger partial charge on any atom is -0.392 e. The van der Waals surface area contributed by atoms with E-state index in [2.05, 4.69) is 10.6 Å². The number of aliphatic hydroxyl groups excluding tert-OH is 1. The van der Waals surface area contributed by atoms with Crippen LogP contribution in [0, 0.1) is 0 Å². The van der Waals surface area contributed by atoms with E-state index in [1.165, 1.54) is 0 Å². The standard InChI is InChI=1S/C13H16Cl2N2O2/c1-7(8-2-3-10(14)11(15)4-8)17-13(19)12-5-9(18)6-16-12/h2-4,7,9,12,16,18H,5-6H2,1H3,(H,17,19)/t7-,9-,12+/m0/s1. The summed E-state index contributed by atoms with van der Waals surface area (Å²) in [4.78, 5) is 12.0. The summed E-state index contributed by atoms with van der Waals surface area (Å²) >= 11 is 11.8. The number of amides is 1. The van der Waals surface area contributed by atoms with Gasteiger partial charge < -0.3 is 15.7 Å². The normalized spacial score (nSPS) is 24.2. The fourth-order valence-corrected chi connectivity index (χ4v) is 2.40. The van der Waals surface area contributed by atoms with Gasteiger partial charge in [0.25, 0.3) is 0 Å². The van der Waals surface area contributed by atoms with E-state index < -0.39 is 6.10 Å². The topological polar surface area (TPSA) is 61.4 Å². The van der Waals surface area contributed by atoms with Crippen LogP contribution in [-0.2, 0) is 4.79 Å². The number of halogens is 2. The molecule has 1 aromatic rings. The first-order valence-corrected chi connectivity index (χ1v) is 6.89. The van der Waals surface area contributed by atoms with E-state index in [1.807, 2.05) is 13.0 Å². The molecule has 0 radical (unpaired) electrons. The van der Waals surface area contributed by atoms with E-state index in [-0.39, 0.29) is 18.0 Å². The minimum atomic E-state index is -0.448. The highest BCUT2D eigenvalue weighted by Crippen LogP contribution is 2.25. The number of rotatable bonds is 3. The summed E-state index contributed by atoms with van der Waals surface area (Å²) in [6.45, 7) is 2.34. The maximum absolute atomic E-state index is 12.0. The lowest BCUT2D eigenvalue weighted by Gasteiger charge is -2.18. The number of carbonyl (C=O) groups is 1. The lowest BCUT2D eigenvalue weighted by Crippen LogP contribution is -2.41. The molecule has 3 N–H and O–H groups in total. The molecular weight excluding hydrogens is 287 g/mol. The summed E-state index contributed by atoms with van der Waals surface area (Å²) in [7, 11) is 0. The third-order valence-electron chi connectivity index (χ3n) is 3.23. The molecule has 1 amide bonds. The highest BCUT2D eigenvalue weighted by molar-refractivity contribution is 6.42. The first kappa shape index (κ1) is 14.6. The monoisotopic (exact) mass is 302 g/mol. The quantitative estimate of drug-likeness (QED) is 0.799. The van der Waals surface area contributed by atoms with Gasteiger partial charge in [0.2, 0.25) is 5.91 Å². The summed E-state index contributed by atoms with van der Waals surface area (Å²) in [5.74, 6) is -0.116. The average molecular weight is 303 g/mol. The van der Waals surface area contributed by atoms with Gasteiger partial charge in [-0.15, -0.1) is 0 Å². The first-order chi connectivity index (χ1) is 8.97. The van der Waals surface area contributed by atoms with Crippen molar-refractivity contribution in [2.45, 2.75) is 31.5 Å². The van der Waals surface area contributed by atoms with E-state index in [1.54, 1.807) is 12.1 Å². The number of nitrogens with one attached hydrogen (secondary N) is 2. The molecular formula is C13H16Cl2N2O2. The molecule has 2 rings (SSSR count). The Labute approximate surface area is 122 Å². The molecule has 104 valence electrons. The molecule has 0 spiro atoms. The van der Waals surface area contributed by atoms with Crippen molar-refractivity contribution in [1.82, 2.24) is 10.6 Å². The number of aliphatic hydroxyl groups is 1. The van der Waals surface area contributed by atoms with Gasteiger partial charge in [0.15, 0.2) is 0 Å². The Morgan fingerprint density at radius 2 is 2.21 bits per heavy atom. The van der Waals surface area contributed by atoms with Crippen LogP contribution in [0.3, 0.4) is 0 Å². The summed E-state index contributed by atoms with van der Waals surface area (Å²) in [5, 5.41) is 16.2. The fourth-order valence-electron chi connectivity index (χ4n) is 2.10. The first-order valence-electron chi connectivity index (χ1n) is 6.14. The Bertz CT molecular complexity index is 482. The molecule has 0 saturated carbocycles. The third-order valence-corrected chi connectivity index (χ3v) is 3.97. The van der Waals surface area contributed by atoms with Gasteiger partial charge in [0, 0.05) is 6.54 Å². The van der Waals surface area contributed by atoms with Gasteiger partial charge in [0.1, 0.15) is 0 Å². The van der Waals surface area contributed by atoms with Crippen molar-refractivity contribution < 1.29 is 9.90 Å². The van der Waals surface area contributed by atoms with Crippen LogP contribution >= 0.6 is 23.2 Å². The molecule has 3 atom stereocenters. The molecule has 0 aliphatic carbocycles. The Balaban J connectivity index is 1.98. The van der Waals surface area contributed by atoms with Gasteiger partial charge in [-0.3, -0.25) is 4.79 Å². The van der Waals surface area contributed by atoms with Crippen LogP contribution < -0.4 is 10.6 Å². The van der Waals surface area contributed by atoms with E-state index in [4.69, 9.17) is 23.2 Å².